The molecule has 0 saturated heterocycles. The highest BCUT2D eigenvalue weighted by molar-refractivity contribution is 5.71. The molecule has 0 aromatic rings. The molecule has 1 atom stereocenters. The lowest BCUT2D eigenvalue weighted by molar-refractivity contribution is -0.167. The molecule has 0 aliphatic heterocycles. The molecule has 0 bridgehead atoms. The number of hydrogen-bond acceptors (Lipinski definition) is 6. The molecule has 0 aromatic carbocycles. The monoisotopic (exact) mass is 937 g/mol. The normalized spacial score (nSPS) is 12.5. The summed E-state index contributed by atoms with van der Waals surface area (Å²) in [7, 11) is 0. The van der Waals surface area contributed by atoms with E-state index in [0.29, 0.717) is 19.3 Å². The summed E-state index contributed by atoms with van der Waals surface area (Å²) >= 11 is 0. The summed E-state index contributed by atoms with van der Waals surface area (Å²) in [4.78, 5) is 38.1. The molecule has 0 aliphatic carbocycles. The van der Waals surface area contributed by atoms with Crippen LogP contribution in [-0.2, 0) is 28.6 Å². The van der Waals surface area contributed by atoms with Crippen LogP contribution in [0.2, 0.25) is 0 Å². The van der Waals surface area contributed by atoms with E-state index in [1.807, 2.05) is 0 Å². The fourth-order valence-electron chi connectivity index (χ4n) is 8.13. The van der Waals surface area contributed by atoms with E-state index in [2.05, 4.69) is 81.5 Å². The second-order valence-corrected chi connectivity index (χ2v) is 19.2. The average molecular weight is 938 g/mol. The number of esters is 3. The Balaban J connectivity index is 4.39. The van der Waals surface area contributed by atoms with Gasteiger partial charge >= 0.3 is 17.9 Å². The predicted octanol–water partition coefficient (Wildman–Crippen LogP) is 19.2. The largest absolute Gasteiger partial charge is 0.462 e. The summed E-state index contributed by atoms with van der Waals surface area (Å²) < 4.78 is 16.9. The molecule has 0 spiro atoms. The Kier molecular flexibility index (Phi) is 53.3. The van der Waals surface area contributed by atoms with Crippen LogP contribution in [0.1, 0.15) is 290 Å². The number of carbonyl (C=O) groups excluding carboxylic acids is 3. The second kappa shape index (κ2) is 55.7. The van der Waals surface area contributed by atoms with Gasteiger partial charge in [0.05, 0.1) is 0 Å². The molecule has 0 aliphatic rings. The number of rotatable bonds is 52. The van der Waals surface area contributed by atoms with E-state index in [9.17, 15) is 14.4 Å². The van der Waals surface area contributed by atoms with Gasteiger partial charge in [0.15, 0.2) is 6.10 Å². The SMILES string of the molecule is CCCCC/C=C\C/C=C\C/C=C\CCCCCCCCC(=O)OCC(COC(=O)CCCCCCCCCCCCCCC)OC(=O)CCCCCCCCC/C=C\C/C=C\CCCCC. The smallest absolute Gasteiger partial charge is 0.306 e. The Morgan fingerprint density at radius 1 is 0.299 bits per heavy atom. The molecule has 0 fully saturated rings. The first-order valence-electron chi connectivity index (χ1n) is 28.8. The van der Waals surface area contributed by atoms with Gasteiger partial charge in [-0.05, 0) is 89.9 Å². The fourth-order valence-corrected chi connectivity index (χ4v) is 8.13. The Labute approximate surface area is 415 Å². The molecule has 0 amide bonds. The number of ether oxygens (including phenoxy) is 3. The lowest BCUT2D eigenvalue weighted by atomic mass is 10.0. The van der Waals surface area contributed by atoms with Gasteiger partial charge in [-0.3, -0.25) is 14.4 Å². The van der Waals surface area contributed by atoms with Gasteiger partial charge < -0.3 is 14.2 Å². The van der Waals surface area contributed by atoms with Crippen molar-refractivity contribution >= 4 is 17.9 Å². The third-order valence-electron chi connectivity index (χ3n) is 12.5. The summed E-state index contributed by atoms with van der Waals surface area (Å²) in [5, 5.41) is 0. The zero-order valence-corrected chi connectivity index (χ0v) is 44.4. The zero-order chi connectivity index (χ0) is 48.6. The minimum absolute atomic E-state index is 0.0794. The maximum absolute atomic E-state index is 12.9. The van der Waals surface area contributed by atoms with Crippen molar-refractivity contribution in [3.05, 3.63) is 60.8 Å². The highest BCUT2D eigenvalue weighted by atomic mass is 16.6. The molecule has 0 N–H and O–H groups in total. The van der Waals surface area contributed by atoms with Crippen molar-refractivity contribution in [1.29, 1.82) is 0 Å². The number of allylic oxidation sites excluding steroid dienone is 10. The zero-order valence-electron chi connectivity index (χ0n) is 44.4. The molecular weight excluding hydrogens is 829 g/mol. The van der Waals surface area contributed by atoms with Gasteiger partial charge in [-0.15, -0.1) is 0 Å². The first-order valence-corrected chi connectivity index (χ1v) is 28.8. The molecule has 1 unspecified atom stereocenters. The van der Waals surface area contributed by atoms with E-state index < -0.39 is 6.10 Å². The number of hydrogen-bond donors (Lipinski definition) is 0. The van der Waals surface area contributed by atoms with E-state index in [4.69, 9.17) is 14.2 Å². The predicted molar refractivity (Wildman–Crippen MR) is 288 cm³/mol. The minimum atomic E-state index is -0.782. The quantitative estimate of drug-likeness (QED) is 0.0262. The Hall–Kier alpha value is -2.89. The van der Waals surface area contributed by atoms with Gasteiger partial charge in [0.2, 0.25) is 0 Å². The maximum Gasteiger partial charge on any atom is 0.306 e. The first kappa shape index (κ1) is 64.1. The number of unbranched alkanes of at least 4 members (excludes halogenated alkanes) is 31. The molecule has 6 nitrogen and oxygen atoms in total. The Morgan fingerprint density at radius 3 is 0.866 bits per heavy atom. The number of carbonyl (C=O) groups is 3. The second-order valence-electron chi connectivity index (χ2n) is 19.2. The van der Waals surface area contributed by atoms with E-state index in [0.717, 1.165) is 89.9 Å². The molecule has 67 heavy (non-hydrogen) atoms. The van der Waals surface area contributed by atoms with Crippen LogP contribution < -0.4 is 0 Å². The Bertz CT molecular complexity index is 1210. The summed E-state index contributed by atoms with van der Waals surface area (Å²) in [5.74, 6) is -0.889. The molecule has 0 heterocycles. The lowest BCUT2D eigenvalue weighted by Crippen LogP contribution is -2.30. The molecule has 388 valence electrons. The van der Waals surface area contributed by atoms with Gasteiger partial charge in [-0.25, -0.2) is 0 Å². The molecule has 0 radical (unpaired) electrons. The van der Waals surface area contributed by atoms with Crippen LogP contribution in [0.5, 0.6) is 0 Å². The van der Waals surface area contributed by atoms with Crippen molar-refractivity contribution in [3.63, 3.8) is 0 Å². The van der Waals surface area contributed by atoms with Crippen LogP contribution >= 0.6 is 0 Å². The van der Waals surface area contributed by atoms with E-state index >= 15 is 0 Å². The summed E-state index contributed by atoms with van der Waals surface area (Å²) in [6.07, 6.45) is 69.1. The third-order valence-corrected chi connectivity index (χ3v) is 12.5. The fraction of sp³-hybridized carbons (Fsp3) is 0.787. The van der Waals surface area contributed by atoms with Crippen LogP contribution in [0.4, 0.5) is 0 Å². The van der Waals surface area contributed by atoms with E-state index in [1.165, 1.54) is 161 Å². The van der Waals surface area contributed by atoms with Crippen LogP contribution in [0.3, 0.4) is 0 Å². The van der Waals surface area contributed by atoms with Gasteiger partial charge in [-0.1, -0.05) is 242 Å². The van der Waals surface area contributed by atoms with Gasteiger partial charge in [-0.2, -0.15) is 0 Å². The van der Waals surface area contributed by atoms with Crippen LogP contribution in [0.25, 0.3) is 0 Å². The van der Waals surface area contributed by atoms with Crippen molar-refractivity contribution in [2.75, 3.05) is 13.2 Å². The summed E-state index contributed by atoms with van der Waals surface area (Å²) in [6.45, 7) is 6.59. The molecule has 0 saturated carbocycles. The van der Waals surface area contributed by atoms with Gasteiger partial charge in [0.25, 0.3) is 0 Å². The standard InChI is InChI=1S/C61H108O6/c1-4-7-10-13-16-19-22-25-27-29-30-32-33-36-39-42-45-48-51-54-60(63)66-57-58(56-65-59(62)53-50-47-44-41-38-35-24-21-18-15-12-9-6-3)67-61(64)55-52-49-46-43-40-37-34-31-28-26-23-20-17-14-11-8-5-2/h16-17,19-20,25-28,30,32,58H,4-15,18,21-24,29,31,33-57H2,1-3H3/b19-16-,20-17-,27-25-,28-26-,32-30-. The van der Waals surface area contributed by atoms with Crippen molar-refractivity contribution in [1.82, 2.24) is 0 Å². The highest BCUT2D eigenvalue weighted by Gasteiger charge is 2.19. The van der Waals surface area contributed by atoms with Crippen LogP contribution in [0.15, 0.2) is 60.8 Å². The first-order chi connectivity index (χ1) is 33.0. The summed E-state index contributed by atoms with van der Waals surface area (Å²) in [6, 6.07) is 0. The van der Waals surface area contributed by atoms with E-state index in [-0.39, 0.29) is 31.1 Å². The minimum Gasteiger partial charge on any atom is -0.462 e. The summed E-state index contributed by atoms with van der Waals surface area (Å²) in [5.41, 5.74) is 0. The van der Waals surface area contributed by atoms with Crippen molar-refractivity contribution < 1.29 is 28.6 Å². The lowest BCUT2D eigenvalue weighted by Gasteiger charge is -2.18. The topological polar surface area (TPSA) is 78.9 Å². The average Bonchev–Trinajstić information content (AvgIpc) is 3.33. The molecule has 0 aromatic heterocycles. The van der Waals surface area contributed by atoms with Crippen LogP contribution in [-0.4, -0.2) is 37.2 Å². The third kappa shape index (κ3) is 53.9. The highest BCUT2D eigenvalue weighted by Crippen LogP contribution is 2.15. The van der Waals surface area contributed by atoms with Gasteiger partial charge in [0, 0.05) is 19.3 Å². The Morgan fingerprint density at radius 2 is 0.537 bits per heavy atom. The van der Waals surface area contributed by atoms with Gasteiger partial charge in [0.1, 0.15) is 13.2 Å². The maximum atomic E-state index is 12.9. The van der Waals surface area contributed by atoms with Crippen LogP contribution in [0, 0.1) is 0 Å². The van der Waals surface area contributed by atoms with Crippen molar-refractivity contribution in [2.24, 2.45) is 0 Å². The molecule has 0 rings (SSSR count). The van der Waals surface area contributed by atoms with Crippen molar-refractivity contribution in [2.45, 2.75) is 297 Å². The molecular formula is C61H108O6. The molecule has 6 heteroatoms. The van der Waals surface area contributed by atoms with E-state index in [1.54, 1.807) is 0 Å². The van der Waals surface area contributed by atoms with Crippen molar-refractivity contribution in [3.8, 4) is 0 Å².